The molecule has 1 heterocycles. The highest BCUT2D eigenvalue weighted by atomic mass is 16.6. The van der Waals surface area contributed by atoms with E-state index in [0.717, 1.165) is 5.56 Å². The van der Waals surface area contributed by atoms with Crippen LogP contribution in [0.3, 0.4) is 0 Å². The molecule has 0 spiro atoms. The maximum atomic E-state index is 11.6. The summed E-state index contributed by atoms with van der Waals surface area (Å²) in [6, 6.07) is 7.80. The number of amides is 1. The third-order valence-corrected chi connectivity index (χ3v) is 3.17. The number of rotatable bonds is 6. The minimum Gasteiger partial charge on any atom is -0.481 e. The molecule has 0 atom stereocenters. The van der Waals surface area contributed by atoms with Crippen LogP contribution in [0.5, 0.6) is 5.88 Å². The van der Waals surface area contributed by atoms with Gasteiger partial charge in [-0.2, -0.15) is 0 Å². The van der Waals surface area contributed by atoms with Gasteiger partial charge in [0, 0.05) is 37.5 Å². The molecule has 0 aliphatic carbocycles. The SMILES string of the molecule is CNC(=O)c1ccc(NCc2ccc(OC)nc2)c([N+](=O)[O-])c1. The summed E-state index contributed by atoms with van der Waals surface area (Å²) in [6.07, 6.45) is 1.62. The van der Waals surface area contributed by atoms with E-state index in [0.29, 0.717) is 18.1 Å². The Kier molecular flexibility index (Phi) is 5.08. The lowest BCUT2D eigenvalue weighted by Crippen LogP contribution is -2.18. The molecule has 1 aromatic carbocycles. The molecule has 2 N–H and O–H groups in total. The highest BCUT2D eigenvalue weighted by Gasteiger charge is 2.17. The van der Waals surface area contributed by atoms with Gasteiger partial charge in [-0.25, -0.2) is 4.98 Å². The minimum atomic E-state index is -0.527. The van der Waals surface area contributed by atoms with Gasteiger partial charge in [-0.3, -0.25) is 14.9 Å². The van der Waals surface area contributed by atoms with Gasteiger partial charge in [-0.1, -0.05) is 6.07 Å². The lowest BCUT2D eigenvalue weighted by molar-refractivity contribution is -0.384. The van der Waals surface area contributed by atoms with Crippen molar-refractivity contribution in [3.63, 3.8) is 0 Å². The van der Waals surface area contributed by atoms with E-state index >= 15 is 0 Å². The standard InChI is InChI=1S/C15H16N4O4/c1-16-15(20)11-4-5-12(13(7-11)19(21)22)17-8-10-3-6-14(23-2)18-9-10/h3-7,9,17H,8H2,1-2H3,(H,16,20). The summed E-state index contributed by atoms with van der Waals surface area (Å²) in [5.41, 5.74) is 1.25. The van der Waals surface area contributed by atoms with Crippen LogP contribution in [0.25, 0.3) is 0 Å². The van der Waals surface area contributed by atoms with Crippen molar-refractivity contribution >= 4 is 17.3 Å². The van der Waals surface area contributed by atoms with Crippen LogP contribution in [-0.2, 0) is 6.54 Å². The van der Waals surface area contributed by atoms with E-state index in [1.807, 2.05) is 6.07 Å². The zero-order valence-electron chi connectivity index (χ0n) is 12.7. The average molecular weight is 316 g/mol. The molecule has 0 fully saturated rings. The fourth-order valence-electron chi connectivity index (χ4n) is 1.95. The predicted molar refractivity (Wildman–Crippen MR) is 84.6 cm³/mol. The molecule has 0 saturated heterocycles. The largest absolute Gasteiger partial charge is 0.481 e. The monoisotopic (exact) mass is 316 g/mol. The Bertz CT molecular complexity index is 716. The second kappa shape index (κ2) is 7.21. The van der Waals surface area contributed by atoms with E-state index in [1.54, 1.807) is 12.3 Å². The second-order valence-corrected chi connectivity index (χ2v) is 4.63. The first kappa shape index (κ1) is 16.2. The molecule has 0 aliphatic heterocycles. The number of anilines is 1. The number of methoxy groups -OCH3 is 1. The Hall–Kier alpha value is -3.16. The number of nitro groups is 1. The first-order valence-corrected chi connectivity index (χ1v) is 6.78. The predicted octanol–water partition coefficient (Wildman–Crippen LogP) is 1.97. The number of pyridine rings is 1. The molecule has 0 radical (unpaired) electrons. The van der Waals surface area contributed by atoms with Crippen LogP contribution in [0.4, 0.5) is 11.4 Å². The Morgan fingerprint density at radius 3 is 2.70 bits per heavy atom. The van der Waals surface area contributed by atoms with Crippen molar-refractivity contribution in [1.82, 2.24) is 10.3 Å². The lowest BCUT2D eigenvalue weighted by Gasteiger charge is -2.09. The average Bonchev–Trinajstić information content (AvgIpc) is 2.59. The summed E-state index contributed by atoms with van der Waals surface area (Å²) >= 11 is 0. The van der Waals surface area contributed by atoms with Crippen molar-refractivity contribution in [2.24, 2.45) is 0 Å². The van der Waals surface area contributed by atoms with Gasteiger partial charge in [0.2, 0.25) is 5.88 Å². The zero-order chi connectivity index (χ0) is 16.8. The van der Waals surface area contributed by atoms with Crippen LogP contribution < -0.4 is 15.4 Å². The van der Waals surface area contributed by atoms with E-state index < -0.39 is 4.92 Å². The van der Waals surface area contributed by atoms with E-state index in [4.69, 9.17) is 4.74 Å². The van der Waals surface area contributed by atoms with Crippen LogP contribution in [0.1, 0.15) is 15.9 Å². The van der Waals surface area contributed by atoms with Crippen molar-refractivity contribution in [3.05, 3.63) is 57.8 Å². The van der Waals surface area contributed by atoms with Crippen LogP contribution in [0, 0.1) is 10.1 Å². The van der Waals surface area contributed by atoms with E-state index in [2.05, 4.69) is 15.6 Å². The highest BCUT2D eigenvalue weighted by molar-refractivity contribution is 5.95. The van der Waals surface area contributed by atoms with Crippen molar-refractivity contribution in [3.8, 4) is 5.88 Å². The summed E-state index contributed by atoms with van der Waals surface area (Å²) in [5, 5.41) is 16.6. The van der Waals surface area contributed by atoms with Gasteiger partial charge in [-0.05, 0) is 17.7 Å². The number of hydrogen-bond donors (Lipinski definition) is 2. The van der Waals surface area contributed by atoms with Crippen LogP contribution in [0.2, 0.25) is 0 Å². The van der Waals surface area contributed by atoms with E-state index in [-0.39, 0.29) is 17.2 Å². The Morgan fingerprint density at radius 1 is 1.35 bits per heavy atom. The Labute approximate surface area is 132 Å². The molecule has 8 heteroatoms. The number of nitro benzene ring substituents is 1. The second-order valence-electron chi connectivity index (χ2n) is 4.63. The molecule has 120 valence electrons. The molecule has 0 bridgehead atoms. The molecular formula is C15H16N4O4. The van der Waals surface area contributed by atoms with Crippen molar-refractivity contribution in [1.29, 1.82) is 0 Å². The lowest BCUT2D eigenvalue weighted by atomic mass is 10.1. The number of aromatic nitrogens is 1. The number of carbonyl (C=O) groups is 1. The molecule has 0 unspecified atom stereocenters. The Morgan fingerprint density at radius 2 is 2.13 bits per heavy atom. The van der Waals surface area contributed by atoms with Gasteiger partial charge in [-0.15, -0.1) is 0 Å². The topological polar surface area (TPSA) is 106 Å². The highest BCUT2D eigenvalue weighted by Crippen LogP contribution is 2.26. The Balaban J connectivity index is 2.18. The number of ether oxygens (including phenoxy) is 1. The first-order chi connectivity index (χ1) is 11.0. The molecule has 1 amide bonds. The first-order valence-electron chi connectivity index (χ1n) is 6.78. The summed E-state index contributed by atoms with van der Waals surface area (Å²) in [5.74, 6) is 0.119. The van der Waals surface area contributed by atoms with Crippen LogP contribution >= 0.6 is 0 Å². The van der Waals surface area contributed by atoms with Gasteiger partial charge in [0.15, 0.2) is 0 Å². The normalized spacial score (nSPS) is 10.0. The molecule has 1 aromatic heterocycles. The van der Waals surface area contributed by atoms with Gasteiger partial charge in [0.1, 0.15) is 5.69 Å². The summed E-state index contributed by atoms with van der Waals surface area (Å²) in [4.78, 5) is 26.3. The van der Waals surface area contributed by atoms with Crippen LogP contribution in [0.15, 0.2) is 36.5 Å². The molecule has 2 aromatic rings. The van der Waals surface area contributed by atoms with Gasteiger partial charge in [0.25, 0.3) is 11.6 Å². The summed E-state index contributed by atoms with van der Waals surface area (Å²) < 4.78 is 4.97. The maximum absolute atomic E-state index is 11.6. The van der Waals surface area contributed by atoms with Crippen LogP contribution in [-0.4, -0.2) is 30.0 Å². The smallest absolute Gasteiger partial charge is 0.293 e. The zero-order valence-corrected chi connectivity index (χ0v) is 12.7. The fourth-order valence-corrected chi connectivity index (χ4v) is 1.95. The third kappa shape index (κ3) is 3.94. The van der Waals surface area contributed by atoms with E-state index in [9.17, 15) is 14.9 Å². The quantitative estimate of drug-likeness (QED) is 0.623. The summed E-state index contributed by atoms with van der Waals surface area (Å²) in [6.45, 7) is 0.358. The number of hydrogen-bond acceptors (Lipinski definition) is 6. The molecule has 23 heavy (non-hydrogen) atoms. The van der Waals surface area contributed by atoms with Crippen molar-refractivity contribution < 1.29 is 14.5 Å². The number of nitrogens with zero attached hydrogens (tertiary/aromatic N) is 2. The maximum Gasteiger partial charge on any atom is 0.293 e. The fraction of sp³-hybridized carbons (Fsp3) is 0.200. The van der Waals surface area contributed by atoms with E-state index in [1.165, 1.54) is 32.4 Å². The van der Waals surface area contributed by atoms with Gasteiger partial charge < -0.3 is 15.4 Å². The van der Waals surface area contributed by atoms with Gasteiger partial charge in [0.05, 0.1) is 12.0 Å². The van der Waals surface area contributed by atoms with Crippen molar-refractivity contribution in [2.75, 3.05) is 19.5 Å². The number of carbonyl (C=O) groups excluding carboxylic acids is 1. The van der Waals surface area contributed by atoms with Gasteiger partial charge >= 0.3 is 0 Å². The number of benzene rings is 1. The van der Waals surface area contributed by atoms with Crippen molar-refractivity contribution in [2.45, 2.75) is 6.54 Å². The molecule has 0 saturated carbocycles. The molecule has 0 aliphatic rings. The minimum absolute atomic E-state index is 0.160. The number of nitrogens with one attached hydrogen (secondary N) is 2. The molecule has 8 nitrogen and oxygen atoms in total. The molecule has 2 rings (SSSR count). The summed E-state index contributed by atoms with van der Waals surface area (Å²) in [7, 11) is 2.99. The third-order valence-electron chi connectivity index (χ3n) is 3.17. The molecular weight excluding hydrogens is 300 g/mol.